The molecule has 0 unspecified atom stereocenters. The Bertz CT molecular complexity index is 696. The number of phenols is 1. The van der Waals surface area contributed by atoms with Crippen LogP contribution in [0, 0.1) is 0 Å². The van der Waals surface area contributed by atoms with E-state index in [0.717, 1.165) is 6.07 Å². The molecule has 0 aliphatic heterocycles. The van der Waals surface area contributed by atoms with E-state index in [1.807, 2.05) is 0 Å². The summed E-state index contributed by atoms with van der Waals surface area (Å²) in [6.45, 7) is 0. The third-order valence-corrected chi connectivity index (χ3v) is 4.81. The van der Waals surface area contributed by atoms with E-state index in [4.69, 9.17) is 16.3 Å². The number of halogens is 1. The van der Waals surface area contributed by atoms with Crippen LogP contribution < -0.4 is 4.74 Å². The van der Waals surface area contributed by atoms with Crippen molar-refractivity contribution in [1.29, 1.82) is 0 Å². The summed E-state index contributed by atoms with van der Waals surface area (Å²) in [6, 6.07) is 10.2. The highest BCUT2D eigenvalue weighted by molar-refractivity contribution is 7.91. The summed E-state index contributed by atoms with van der Waals surface area (Å²) < 4.78 is 29.6. The maximum Gasteiger partial charge on any atom is 0.208 e. The van der Waals surface area contributed by atoms with E-state index >= 15 is 0 Å². The van der Waals surface area contributed by atoms with E-state index in [2.05, 4.69) is 0 Å². The van der Waals surface area contributed by atoms with E-state index < -0.39 is 9.84 Å². The van der Waals surface area contributed by atoms with Crippen molar-refractivity contribution in [3.05, 3.63) is 47.5 Å². The Morgan fingerprint density at radius 3 is 2.37 bits per heavy atom. The molecule has 0 saturated heterocycles. The Labute approximate surface area is 116 Å². The van der Waals surface area contributed by atoms with Crippen LogP contribution in [0.15, 0.2) is 52.3 Å². The first-order valence-electron chi connectivity index (χ1n) is 5.33. The smallest absolute Gasteiger partial charge is 0.208 e. The minimum atomic E-state index is -3.76. The van der Waals surface area contributed by atoms with Crippen molar-refractivity contribution in [2.24, 2.45) is 0 Å². The van der Waals surface area contributed by atoms with Crippen LogP contribution in [0.25, 0.3) is 0 Å². The maximum atomic E-state index is 12.4. The Hall–Kier alpha value is -1.72. The monoisotopic (exact) mass is 298 g/mol. The van der Waals surface area contributed by atoms with Gasteiger partial charge in [-0.25, -0.2) is 8.42 Å². The number of phenolic OH excluding ortho intramolecular Hbond substituents is 1. The van der Waals surface area contributed by atoms with E-state index in [-0.39, 0.29) is 26.3 Å². The van der Waals surface area contributed by atoms with Gasteiger partial charge >= 0.3 is 0 Å². The first-order chi connectivity index (χ1) is 8.96. The third kappa shape index (κ3) is 2.52. The summed E-state index contributed by atoms with van der Waals surface area (Å²) in [5.41, 5.74) is 0. The molecule has 0 fully saturated rings. The third-order valence-electron chi connectivity index (χ3n) is 2.58. The number of aromatic hydroxyl groups is 1. The van der Waals surface area contributed by atoms with E-state index in [1.54, 1.807) is 18.2 Å². The second kappa shape index (κ2) is 5.11. The lowest BCUT2D eigenvalue weighted by atomic mass is 10.3. The van der Waals surface area contributed by atoms with Gasteiger partial charge < -0.3 is 9.84 Å². The highest BCUT2D eigenvalue weighted by atomic mass is 35.5. The topological polar surface area (TPSA) is 63.6 Å². The van der Waals surface area contributed by atoms with Crippen LogP contribution in [0.5, 0.6) is 11.5 Å². The molecule has 0 aliphatic rings. The molecule has 0 aliphatic carbocycles. The first-order valence-corrected chi connectivity index (χ1v) is 7.19. The SMILES string of the molecule is COc1cc(Cl)c(S(=O)(=O)c2ccccc2)cc1O. The highest BCUT2D eigenvalue weighted by Gasteiger charge is 2.22. The zero-order valence-electron chi connectivity index (χ0n) is 10.00. The molecule has 4 nitrogen and oxygen atoms in total. The number of hydrogen-bond acceptors (Lipinski definition) is 4. The standard InChI is InChI=1S/C13H11ClO4S/c1-18-12-7-10(14)13(8-11(12)15)19(16,17)9-5-3-2-4-6-9/h2-8,15H,1H3. The van der Waals surface area contributed by atoms with Gasteiger partial charge in [0.15, 0.2) is 11.5 Å². The fraction of sp³-hybridized carbons (Fsp3) is 0.0769. The lowest BCUT2D eigenvalue weighted by Gasteiger charge is -2.10. The van der Waals surface area contributed by atoms with Gasteiger partial charge in [-0.3, -0.25) is 0 Å². The minimum absolute atomic E-state index is 0.00139. The van der Waals surface area contributed by atoms with Gasteiger partial charge in [0.1, 0.15) is 0 Å². The van der Waals surface area contributed by atoms with Gasteiger partial charge in [-0.15, -0.1) is 0 Å². The summed E-state index contributed by atoms with van der Waals surface area (Å²) in [5, 5.41) is 9.68. The number of ether oxygens (including phenoxy) is 1. The number of benzene rings is 2. The van der Waals surface area contributed by atoms with Crippen molar-refractivity contribution in [2.45, 2.75) is 9.79 Å². The average molecular weight is 299 g/mol. The molecule has 0 amide bonds. The van der Waals surface area contributed by atoms with E-state index in [1.165, 1.54) is 25.3 Å². The van der Waals surface area contributed by atoms with Crippen molar-refractivity contribution in [3.63, 3.8) is 0 Å². The summed E-state index contributed by atoms with van der Waals surface area (Å²) in [5.74, 6) is -0.154. The van der Waals surface area contributed by atoms with Gasteiger partial charge in [0.05, 0.1) is 21.9 Å². The zero-order valence-corrected chi connectivity index (χ0v) is 11.6. The molecule has 0 atom stereocenters. The van der Waals surface area contributed by atoms with Crippen LogP contribution in [-0.2, 0) is 9.84 Å². The molecule has 0 heterocycles. The van der Waals surface area contributed by atoms with E-state index in [0.29, 0.717) is 0 Å². The van der Waals surface area contributed by atoms with Crippen LogP contribution in [0.4, 0.5) is 0 Å². The maximum absolute atomic E-state index is 12.4. The molecule has 19 heavy (non-hydrogen) atoms. The van der Waals surface area contributed by atoms with Crippen LogP contribution in [0.3, 0.4) is 0 Å². The van der Waals surface area contributed by atoms with Crippen LogP contribution in [0.2, 0.25) is 5.02 Å². The second-order valence-electron chi connectivity index (χ2n) is 3.77. The Morgan fingerprint density at radius 2 is 1.79 bits per heavy atom. The molecular weight excluding hydrogens is 288 g/mol. The quantitative estimate of drug-likeness (QED) is 0.946. The zero-order chi connectivity index (χ0) is 14.0. The molecule has 2 aromatic carbocycles. The molecule has 0 spiro atoms. The van der Waals surface area contributed by atoms with Gasteiger partial charge in [-0.1, -0.05) is 29.8 Å². The number of hydrogen-bond donors (Lipinski definition) is 1. The fourth-order valence-electron chi connectivity index (χ4n) is 1.62. The summed E-state index contributed by atoms with van der Waals surface area (Å²) in [7, 11) is -2.41. The summed E-state index contributed by atoms with van der Waals surface area (Å²) in [6.07, 6.45) is 0. The van der Waals surface area contributed by atoms with Crippen molar-refractivity contribution < 1.29 is 18.3 Å². The van der Waals surface area contributed by atoms with Crippen molar-refractivity contribution >= 4 is 21.4 Å². The summed E-state index contributed by atoms with van der Waals surface area (Å²) >= 11 is 5.94. The molecule has 0 saturated carbocycles. The predicted octanol–water partition coefficient (Wildman–Crippen LogP) is 2.89. The van der Waals surface area contributed by atoms with Crippen molar-refractivity contribution in [1.82, 2.24) is 0 Å². The molecule has 0 bridgehead atoms. The van der Waals surface area contributed by atoms with E-state index in [9.17, 15) is 13.5 Å². The van der Waals surface area contributed by atoms with Crippen LogP contribution >= 0.6 is 11.6 Å². The van der Waals surface area contributed by atoms with Crippen molar-refractivity contribution in [2.75, 3.05) is 7.11 Å². The van der Waals surface area contributed by atoms with Crippen molar-refractivity contribution in [3.8, 4) is 11.5 Å². The lowest BCUT2D eigenvalue weighted by molar-refractivity contribution is 0.372. The largest absolute Gasteiger partial charge is 0.504 e. The molecule has 2 aromatic rings. The second-order valence-corrected chi connectivity index (χ2v) is 6.10. The fourth-order valence-corrected chi connectivity index (χ4v) is 3.43. The number of methoxy groups -OCH3 is 1. The van der Waals surface area contributed by atoms with Gasteiger partial charge in [0.2, 0.25) is 9.84 Å². The minimum Gasteiger partial charge on any atom is -0.504 e. The predicted molar refractivity (Wildman–Crippen MR) is 71.6 cm³/mol. The normalized spacial score (nSPS) is 11.3. The molecule has 1 N–H and O–H groups in total. The van der Waals surface area contributed by atoms with Gasteiger partial charge in [0.25, 0.3) is 0 Å². The molecule has 2 rings (SSSR count). The Morgan fingerprint density at radius 1 is 1.16 bits per heavy atom. The van der Waals surface area contributed by atoms with Crippen LogP contribution in [0.1, 0.15) is 0 Å². The molecule has 100 valence electrons. The highest BCUT2D eigenvalue weighted by Crippen LogP contribution is 2.36. The molecule has 0 aromatic heterocycles. The Kier molecular flexibility index (Phi) is 3.68. The average Bonchev–Trinajstić information content (AvgIpc) is 2.41. The summed E-state index contributed by atoms with van der Waals surface area (Å²) in [4.78, 5) is -0.0415. The van der Waals surface area contributed by atoms with Gasteiger partial charge in [-0.05, 0) is 12.1 Å². The first kappa shape index (κ1) is 13.7. The van der Waals surface area contributed by atoms with Crippen LogP contribution in [-0.4, -0.2) is 20.6 Å². The Balaban J connectivity index is 2.63. The molecular formula is C13H11ClO4S. The van der Waals surface area contributed by atoms with Gasteiger partial charge in [-0.2, -0.15) is 0 Å². The van der Waals surface area contributed by atoms with Gasteiger partial charge in [0, 0.05) is 12.1 Å². The number of sulfone groups is 1. The lowest BCUT2D eigenvalue weighted by Crippen LogP contribution is -2.03. The number of rotatable bonds is 3. The molecule has 0 radical (unpaired) electrons. The molecule has 6 heteroatoms.